The van der Waals surface area contributed by atoms with Crippen molar-refractivity contribution < 1.29 is 12.6 Å². The maximum absolute atomic E-state index is 13.3. The molecule has 6 aromatic carbocycles. The molecule has 40 heavy (non-hydrogen) atoms. The van der Waals surface area contributed by atoms with Crippen molar-refractivity contribution >= 4 is 42.7 Å². The van der Waals surface area contributed by atoms with Gasteiger partial charge in [-0.05, 0) is 54.1 Å². The second-order valence-electron chi connectivity index (χ2n) is 9.74. The van der Waals surface area contributed by atoms with E-state index in [2.05, 4.69) is 28.8 Å². The van der Waals surface area contributed by atoms with Crippen molar-refractivity contribution in [3.8, 4) is 22.8 Å². The number of nitrogens with zero attached hydrogens (tertiary/aromatic N) is 2. The van der Waals surface area contributed by atoms with Gasteiger partial charge in [0.25, 0.3) is 0 Å². The maximum atomic E-state index is 13.3. The van der Waals surface area contributed by atoms with E-state index >= 15 is 0 Å². The number of hydrogen-bond donors (Lipinski definition) is 0. The van der Waals surface area contributed by atoms with Crippen molar-refractivity contribution in [2.24, 2.45) is 0 Å². The maximum Gasteiger partial charge on any atom is 0.339 e. The molecule has 1 aromatic heterocycles. The third-order valence-electron chi connectivity index (χ3n) is 7.18. The highest BCUT2D eigenvalue weighted by atomic mass is 32.2. The monoisotopic (exact) mass is 540 g/mol. The first-order valence-electron chi connectivity index (χ1n) is 13.0. The molecule has 0 aliphatic carbocycles. The Bertz CT molecular complexity index is 2150. The molecule has 0 fully saturated rings. The van der Waals surface area contributed by atoms with Crippen LogP contribution in [-0.4, -0.2) is 18.0 Å². The van der Waals surface area contributed by atoms with Gasteiger partial charge < -0.3 is 4.18 Å². The van der Waals surface area contributed by atoms with Gasteiger partial charge in [-0.2, -0.15) is 8.42 Å². The molecule has 6 heteroatoms. The third kappa shape index (κ3) is 3.92. The van der Waals surface area contributed by atoms with Crippen molar-refractivity contribution in [1.82, 2.24) is 9.55 Å². The topological polar surface area (TPSA) is 61.2 Å². The summed E-state index contributed by atoms with van der Waals surface area (Å²) in [5.41, 5.74) is 4.24. The third-order valence-corrected chi connectivity index (χ3v) is 8.43. The van der Waals surface area contributed by atoms with Crippen LogP contribution in [0.5, 0.6) is 5.75 Å². The van der Waals surface area contributed by atoms with Crippen LogP contribution in [0.3, 0.4) is 0 Å². The first-order chi connectivity index (χ1) is 19.5. The lowest BCUT2D eigenvalue weighted by Gasteiger charge is -2.14. The number of rotatable bonds is 5. The summed E-state index contributed by atoms with van der Waals surface area (Å²) >= 11 is 0. The van der Waals surface area contributed by atoms with Crippen LogP contribution in [0.1, 0.15) is 5.56 Å². The number of benzene rings is 6. The molecule has 0 aliphatic rings. The average molecular weight is 541 g/mol. The van der Waals surface area contributed by atoms with Crippen molar-refractivity contribution in [2.45, 2.75) is 11.8 Å². The molecule has 194 valence electrons. The Kier molecular flexibility index (Phi) is 5.65. The van der Waals surface area contributed by atoms with Gasteiger partial charge in [0.1, 0.15) is 10.7 Å². The quantitative estimate of drug-likeness (QED) is 0.164. The summed E-state index contributed by atoms with van der Waals surface area (Å²) in [6.45, 7) is 1.91. The summed E-state index contributed by atoms with van der Waals surface area (Å²) in [6, 6.07) is 40.4. The Labute approximate surface area is 232 Å². The Morgan fingerprint density at radius 2 is 1.20 bits per heavy atom. The molecule has 0 spiro atoms. The molecule has 7 aromatic rings. The Balaban J connectivity index is 1.54. The fourth-order valence-electron chi connectivity index (χ4n) is 5.31. The van der Waals surface area contributed by atoms with E-state index in [9.17, 15) is 8.42 Å². The molecule has 0 radical (unpaired) electrons. The fraction of sp³-hybridized carbons (Fsp3) is 0.0294. The number of fused-ring (bicyclic) bond motifs is 6. The highest BCUT2D eigenvalue weighted by molar-refractivity contribution is 7.87. The standard InChI is InChI=1S/C34H24N2O3S/c1-23-19-21-25(22-20-23)40(37,38)39-31-18-10-9-17-30(31)34-35-32-28-15-7-5-13-26(28)27-14-6-8-16-29(27)33(32)36(34)24-11-3-2-4-12-24/h2-22H,1H3. The zero-order chi connectivity index (χ0) is 27.3. The Morgan fingerprint density at radius 3 is 1.93 bits per heavy atom. The number of para-hydroxylation sites is 2. The van der Waals surface area contributed by atoms with E-state index in [1.165, 1.54) is 0 Å². The van der Waals surface area contributed by atoms with Gasteiger partial charge in [0.2, 0.25) is 0 Å². The van der Waals surface area contributed by atoms with E-state index in [4.69, 9.17) is 9.17 Å². The first kappa shape index (κ1) is 24.1. The van der Waals surface area contributed by atoms with E-state index in [0.717, 1.165) is 43.8 Å². The number of aryl methyl sites for hydroxylation is 1. The van der Waals surface area contributed by atoms with Gasteiger partial charge in [-0.3, -0.25) is 4.57 Å². The van der Waals surface area contributed by atoms with Gasteiger partial charge in [-0.1, -0.05) is 96.6 Å². The van der Waals surface area contributed by atoms with Crippen molar-refractivity contribution in [2.75, 3.05) is 0 Å². The molecule has 0 amide bonds. The van der Waals surface area contributed by atoms with Gasteiger partial charge >= 0.3 is 10.1 Å². The molecule has 0 saturated carbocycles. The number of hydrogen-bond acceptors (Lipinski definition) is 4. The second kappa shape index (κ2) is 9.36. The predicted octanol–water partition coefficient (Wildman–Crippen LogP) is 8.08. The molecule has 0 saturated heterocycles. The minimum atomic E-state index is -4.07. The Hall–Kier alpha value is -4.94. The van der Waals surface area contributed by atoms with Crippen LogP contribution in [0.4, 0.5) is 0 Å². The summed E-state index contributed by atoms with van der Waals surface area (Å²) in [4.78, 5) is 5.30. The molecule has 0 aliphatic heterocycles. The van der Waals surface area contributed by atoms with E-state index in [0.29, 0.717) is 11.4 Å². The van der Waals surface area contributed by atoms with Crippen LogP contribution in [0.2, 0.25) is 0 Å². The minimum absolute atomic E-state index is 0.0986. The van der Waals surface area contributed by atoms with Crippen LogP contribution < -0.4 is 4.18 Å². The Morgan fingerprint density at radius 1 is 0.625 bits per heavy atom. The lowest BCUT2D eigenvalue weighted by Crippen LogP contribution is -2.11. The average Bonchev–Trinajstić information content (AvgIpc) is 3.39. The predicted molar refractivity (Wildman–Crippen MR) is 161 cm³/mol. The minimum Gasteiger partial charge on any atom is -0.378 e. The van der Waals surface area contributed by atoms with Crippen molar-refractivity contribution in [3.63, 3.8) is 0 Å². The molecule has 0 atom stereocenters. The van der Waals surface area contributed by atoms with Crippen LogP contribution in [0.25, 0.3) is 49.7 Å². The molecule has 5 nitrogen and oxygen atoms in total. The fourth-order valence-corrected chi connectivity index (χ4v) is 6.26. The largest absolute Gasteiger partial charge is 0.378 e. The second-order valence-corrected chi connectivity index (χ2v) is 11.3. The molecule has 0 N–H and O–H groups in total. The summed E-state index contributed by atoms with van der Waals surface area (Å²) in [7, 11) is -4.07. The normalized spacial score (nSPS) is 11.8. The lowest BCUT2D eigenvalue weighted by atomic mass is 10.00. The first-order valence-corrected chi connectivity index (χ1v) is 14.4. The van der Waals surface area contributed by atoms with Gasteiger partial charge in [-0.25, -0.2) is 4.98 Å². The van der Waals surface area contributed by atoms with E-state index < -0.39 is 10.1 Å². The van der Waals surface area contributed by atoms with Gasteiger partial charge in [0.15, 0.2) is 5.75 Å². The van der Waals surface area contributed by atoms with Gasteiger partial charge in [0, 0.05) is 16.5 Å². The van der Waals surface area contributed by atoms with E-state index in [1.807, 2.05) is 73.7 Å². The summed E-state index contributed by atoms with van der Waals surface area (Å²) in [5.74, 6) is 0.807. The summed E-state index contributed by atoms with van der Waals surface area (Å²) in [5, 5.41) is 4.32. The van der Waals surface area contributed by atoms with Crippen molar-refractivity contribution in [3.05, 3.63) is 133 Å². The van der Waals surface area contributed by atoms with Crippen LogP contribution in [0.15, 0.2) is 132 Å². The van der Waals surface area contributed by atoms with E-state index in [-0.39, 0.29) is 10.6 Å². The molecule has 7 rings (SSSR count). The van der Waals surface area contributed by atoms with Crippen LogP contribution in [-0.2, 0) is 10.1 Å². The summed E-state index contributed by atoms with van der Waals surface area (Å²) < 4.78 is 34.5. The van der Waals surface area contributed by atoms with Gasteiger partial charge in [0.05, 0.1) is 16.6 Å². The molecule has 1 heterocycles. The molecule has 0 bridgehead atoms. The lowest BCUT2D eigenvalue weighted by molar-refractivity contribution is 0.486. The van der Waals surface area contributed by atoms with E-state index in [1.54, 1.807) is 36.4 Å². The van der Waals surface area contributed by atoms with Gasteiger partial charge in [-0.15, -0.1) is 0 Å². The summed E-state index contributed by atoms with van der Waals surface area (Å²) in [6.07, 6.45) is 0. The van der Waals surface area contributed by atoms with Crippen LogP contribution >= 0.6 is 0 Å². The molecule has 0 unspecified atom stereocenters. The molecular formula is C34H24N2O3S. The number of aromatic nitrogens is 2. The number of imidazole rings is 1. The van der Waals surface area contributed by atoms with Crippen molar-refractivity contribution in [1.29, 1.82) is 0 Å². The highest BCUT2D eigenvalue weighted by Gasteiger charge is 2.24. The van der Waals surface area contributed by atoms with Crippen LogP contribution in [0, 0.1) is 6.92 Å². The zero-order valence-electron chi connectivity index (χ0n) is 21.7. The zero-order valence-corrected chi connectivity index (χ0v) is 22.5. The molecular weight excluding hydrogens is 516 g/mol. The highest BCUT2D eigenvalue weighted by Crippen LogP contribution is 2.41. The smallest absolute Gasteiger partial charge is 0.339 e. The SMILES string of the molecule is Cc1ccc(S(=O)(=O)Oc2ccccc2-c2nc3c4ccccc4c4ccccc4c3n2-c2ccccc2)cc1.